The van der Waals surface area contributed by atoms with Crippen molar-refractivity contribution in [3.05, 3.63) is 102 Å². The molecule has 2 aromatic carbocycles. The third-order valence-electron chi connectivity index (χ3n) is 6.46. The third kappa shape index (κ3) is 3.96. The largest absolute Gasteiger partial charge is 0.364 e. The standard InChI is InChI=1S/C26H21F2N7O/c27-17-3-8-23(28)21(12-17)24-2-1-10-33(24)20-9-11-34-25(13-20)22(14-30-34)26(36)32-18-4-6-19(7-5-18)35-16-29-15-31-35/h3-9,11-16,24H,1-2,10H2,(H,32,36)/t24-/m1/s1. The predicted octanol–water partition coefficient (Wildman–Crippen LogP) is 4.79. The summed E-state index contributed by atoms with van der Waals surface area (Å²) in [6.45, 7) is 0.699. The van der Waals surface area contributed by atoms with Crippen molar-refractivity contribution < 1.29 is 13.6 Å². The van der Waals surface area contributed by atoms with Crippen molar-refractivity contribution in [2.75, 3.05) is 16.8 Å². The number of aromatic nitrogens is 5. The average molecular weight is 485 g/mol. The third-order valence-corrected chi connectivity index (χ3v) is 6.46. The second-order valence-corrected chi connectivity index (χ2v) is 8.63. The van der Waals surface area contributed by atoms with Crippen LogP contribution in [0.3, 0.4) is 0 Å². The second-order valence-electron chi connectivity index (χ2n) is 8.63. The zero-order valence-corrected chi connectivity index (χ0v) is 19.1. The van der Waals surface area contributed by atoms with Crippen molar-refractivity contribution in [2.45, 2.75) is 18.9 Å². The molecule has 3 aromatic heterocycles. The monoisotopic (exact) mass is 485 g/mol. The number of pyridine rings is 1. The maximum absolute atomic E-state index is 14.5. The van der Waals surface area contributed by atoms with Crippen LogP contribution in [0.1, 0.15) is 34.8 Å². The number of fused-ring (bicyclic) bond motifs is 1. The van der Waals surface area contributed by atoms with Gasteiger partial charge in [0.1, 0.15) is 24.3 Å². The van der Waals surface area contributed by atoms with Crippen LogP contribution in [0.2, 0.25) is 0 Å². The quantitative estimate of drug-likeness (QED) is 0.387. The SMILES string of the molecule is O=C(Nc1ccc(-n2cncn2)cc1)c1cnn2ccc(N3CCC[C@@H]3c3cc(F)ccc3F)cc12. The molecule has 0 saturated carbocycles. The Labute approximate surface area is 204 Å². The second kappa shape index (κ2) is 8.88. The molecule has 10 heteroatoms. The van der Waals surface area contributed by atoms with Gasteiger partial charge in [-0.15, -0.1) is 0 Å². The lowest BCUT2D eigenvalue weighted by molar-refractivity contribution is 0.102. The highest BCUT2D eigenvalue weighted by Gasteiger charge is 2.29. The molecule has 1 amide bonds. The Morgan fingerprint density at radius 1 is 1.00 bits per heavy atom. The number of hydrogen-bond donors (Lipinski definition) is 1. The van der Waals surface area contributed by atoms with Crippen molar-refractivity contribution in [1.82, 2.24) is 24.4 Å². The zero-order chi connectivity index (χ0) is 24.6. The van der Waals surface area contributed by atoms with Crippen LogP contribution in [-0.4, -0.2) is 36.8 Å². The van der Waals surface area contributed by atoms with Gasteiger partial charge < -0.3 is 10.2 Å². The molecule has 0 spiro atoms. The zero-order valence-electron chi connectivity index (χ0n) is 19.1. The summed E-state index contributed by atoms with van der Waals surface area (Å²) in [5.74, 6) is -1.18. The number of hydrogen-bond acceptors (Lipinski definition) is 5. The summed E-state index contributed by atoms with van der Waals surface area (Å²) in [6.07, 6.45) is 7.90. The fraction of sp³-hybridized carbons (Fsp3) is 0.154. The van der Waals surface area contributed by atoms with E-state index in [4.69, 9.17) is 0 Å². The van der Waals surface area contributed by atoms with E-state index in [1.165, 1.54) is 24.7 Å². The number of benzene rings is 2. The molecular formula is C26H21F2N7O. The van der Waals surface area contributed by atoms with E-state index in [0.29, 0.717) is 35.3 Å². The van der Waals surface area contributed by atoms with Gasteiger partial charge in [0, 0.05) is 29.7 Å². The maximum Gasteiger partial charge on any atom is 0.259 e. The van der Waals surface area contributed by atoms with Crippen LogP contribution in [0.4, 0.5) is 20.2 Å². The molecule has 5 aromatic rings. The molecule has 1 aliphatic rings. The van der Waals surface area contributed by atoms with Gasteiger partial charge in [0.25, 0.3) is 5.91 Å². The highest BCUT2D eigenvalue weighted by atomic mass is 19.1. The Kier molecular flexibility index (Phi) is 5.40. The van der Waals surface area contributed by atoms with Crippen LogP contribution >= 0.6 is 0 Å². The lowest BCUT2D eigenvalue weighted by atomic mass is 10.0. The Morgan fingerprint density at radius 2 is 1.86 bits per heavy atom. The summed E-state index contributed by atoms with van der Waals surface area (Å²) < 4.78 is 31.6. The molecule has 1 aliphatic heterocycles. The van der Waals surface area contributed by atoms with Gasteiger partial charge in [0.05, 0.1) is 29.0 Å². The molecular weight excluding hydrogens is 464 g/mol. The first-order valence-electron chi connectivity index (χ1n) is 11.5. The van der Waals surface area contributed by atoms with Crippen molar-refractivity contribution in [2.24, 2.45) is 0 Å². The lowest BCUT2D eigenvalue weighted by Crippen LogP contribution is -2.23. The van der Waals surface area contributed by atoms with Crippen LogP contribution in [0, 0.1) is 11.6 Å². The van der Waals surface area contributed by atoms with Crippen LogP contribution in [-0.2, 0) is 0 Å². The number of carbonyl (C=O) groups excluding carboxylic acids is 1. The minimum atomic E-state index is -0.460. The fourth-order valence-electron chi connectivity index (χ4n) is 4.73. The first kappa shape index (κ1) is 21.9. The number of nitrogens with zero attached hydrogens (tertiary/aromatic N) is 6. The fourth-order valence-corrected chi connectivity index (χ4v) is 4.73. The summed E-state index contributed by atoms with van der Waals surface area (Å²) in [6, 6.07) is 14.3. The molecule has 6 rings (SSSR count). The summed E-state index contributed by atoms with van der Waals surface area (Å²) in [7, 11) is 0. The number of nitrogens with one attached hydrogen (secondary N) is 1. The molecule has 8 nitrogen and oxygen atoms in total. The number of amides is 1. The summed E-state index contributed by atoms with van der Waals surface area (Å²) in [5, 5.41) is 11.3. The van der Waals surface area contributed by atoms with E-state index in [0.717, 1.165) is 23.9 Å². The maximum atomic E-state index is 14.5. The summed E-state index contributed by atoms with van der Waals surface area (Å²) in [4.78, 5) is 19.1. The van der Waals surface area contributed by atoms with E-state index in [1.807, 2.05) is 24.3 Å². The molecule has 36 heavy (non-hydrogen) atoms. The van der Waals surface area contributed by atoms with Crippen LogP contribution in [0.25, 0.3) is 11.2 Å². The molecule has 1 saturated heterocycles. The molecule has 0 unspecified atom stereocenters. The molecule has 180 valence electrons. The highest BCUT2D eigenvalue weighted by molar-refractivity contribution is 6.09. The van der Waals surface area contributed by atoms with Crippen LogP contribution < -0.4 is 10.2 Å². The van der Waals surface area contributed by atoms with E-state index in [1.54, 1.807) is 33.9 Å². The Morgan fingerprint density at radius 3 is 2.67 bits per heavy atom. The van der Waals surface area contributed by atoms with Crippen molar-refractivity contribution >= 4 is 22.8 Å². The predicted molar refractivity (Wildman–Crippen MR) is 130 cm³/mol. The summed E-state index contributed by atoms with van der Waals surface area (Å²) in [5.41, 5.74) is 3.63. The number of rotatable bonds is 5. The average Bonchev–Trinajstić information content (AvgIpc) is 3.66. The highest BCUT2D eigenvalue weighted by Crippen LogP contribution is 2.38. The topological polar surface area (TPSA) is 80.3 Å². The van der Waals surface area contributed by atoms with Gasteiger partial charge in [-0.25, -0.2) is 23.0 Å². The van der Waals surface area contributed by atoms with E-state index in [-0.39, 0.29) is 11.9 Å². The smallest absolute Gasteiger partial charge is 0.259 e. The van der Waals surface area contributed by atoms with Crippen molar-refractivity contribution in [3.8, 4) is 5.69 Å². The van der Waals surface area contributed by atoms with Gasteiger partial charge in [-0.2, -0.15) is 10.2 Å². The first-order valence-corrected chi connectivity index (χ1v) is 11.5. The molecule has 0 aliphatic carbocycles. The van der Waals surface area contributed by atoms with E-state index in [9.17, 15) is 13.6 Å². The lowest BCUT2D eigenvalue weighted by Gasteiger charge is -2.27. The van der Waals surface area contributed by atoms with Gasteiger partial charge in [0.15, 0.2) is 0 Å². The molecule has 1 N–H and O–H groups in total. The Balaban J connectivity index is 1.27. The Hall–Kier alpha value is -4.60. The first-order chi connectivity index (χ1) is 17.6. The molecule has 0 bridgehead atoms. The van der Waals surface area contributed by atoms with Crippen LogP contribution in [0.5, 0.6) is 0 Å². The van der Waals surface area contributed by atoms with E-state index >= 15 is 0 Å². The number of anilines is 2. The molecule has 0 radical (unpaired) electrons. The van der Waals surface area contributed by atoms with E-state index < -0.39 is 11.6 Å². The van der Waals surface area contributed by atoms with E-state index in [2.05, 4.69) is 25.4 Å². The minimum Gasteiger partial charge on any atom is -0.364 e. The van der Waals surface area contributed by atoms with Crippen molar-refractivity contribution in [1.29, 1.82) is 0 Å². The van der Waals surface area contributed by atoms with Crippen molar-refractivity contribution in [3.63, 3.8) is 0 Å². The summed E-state index contributed by atoms with van der Waals surface area (Å²) >= 11 is 0. The van der Waals surface area contributed by atoms with Crippen LogP contribution in [0.15, 0.2) is 79.6 Å². The molecule has 1 atom stereocenters. The number of halogens is 2. The normalized spacial score (nSPS) is 15.5. The van der Waals surface area contributed by atoms with Gasteiger partial charge in [-0.3, -0.25) is 4.79 Å². The molecule has 4 heterocycles. The van der Waals surface area contributed by atoms with Gasteiger partial charge in [-0.05, 0) is 67.4 Å². The Bertz CT molecular complexity index is 1550. The number of carbonyl (C=O) groups is 1. The minimum absolute atomic E-state index is 0.285. The van der Waals surface area contributed by atoms with Gasteiger partial charge in [0.2, 0.25) is 0 Å². The molecule has 1 fully saturated rings. The van der Waals surface area contributed by atoms with Gasteiger partial charge in [-0.1, -0.05) is 0 Å². The van der Waals surface area contributed by atoms with Gasteiger partial charge >= 0.3 is 0 Å².